The van der Waals surface area contributed by atoms with E-state index in [-0.39, 0.29) is 23.8 Å². The summed E-state index contributed by atoms with van der Waals surface area (Å²) in [6.45, 7) is 0.462. The van der Waals surface area contributed by atoms with Gasteiger partial charge < -0.3 is 5.32 Å². The molecule has 0 unspecified atom stereocenters. The number of para-hydroxylation sites is 1. The van der Waals surface area contributed by atoms with Crippen molar-refractivity contribution in [3.63, 3.8) is 0 Å². The molecule has 3 aliphatic rings. The minimum absolute atomic E-state index is 0.188. The monoisotopic (exact) mass is 493 g/mol. The lowest BCUT2D eigenvalue weighted by molar-refractivity contribution is 0.0975. The summed E-state index contributed by atoms with van der Waals surface area (Å²) < 4.78 is 15.6. The predicted molar refractivity (Wildman–Crippen MR) is 139 cm³/mol. The molecule has 7 rings (SSSR count). The lowest BCUT2D eigenvalue weighted by Crippen LogP contribution is -2.51. The number of nitrogens with one attached hydrogen (secondary N) is 2. The second kappa shape index (κ2) is 8.55. The summed E-state index contributed by atoms with van der Waals surface area (Å²) >= 11 is 0. The predicted octanol–water partition coefficient (Wildman–Crippen LogP) is 4.72. The Bertz CT molecular complexity index is 1530. The normalized spacial score (nSPS) is 19.6. The molecule has 4 heterocycles. The van der Waals surface area contributed by atoms with Crippen LogP contribution in [0.25, 0.3) is 11.3 Å². The van der Waals surface area contributed by atoms with Crippen molar-refractivity contribution in [1.29, 1.82) is 0 Å². The van der Waals surface area contributed by atoms with E-state index >= 15 is 0 Å². The van der Waals surface area contributed by atoms with E-state index < -0.39 is 0 Å². The third kappa shape index (κ3) is 3.74. The van der Waals surface area contributed by atoms with Gasteiger partial charge in [0.15, 0.2) is 5.82 Å². The highest BCUT2D eigenvalue weighted by Crippen LogP contribution is 2.41. The van der Waals surface area contributed by atoms with Gasteiger partial charge in [-0.25, -0.2) is 14.1 Å². The second-order valence-electron chi connectivity index (χ2n) is 9.59. The number of guanidine groups is 1. The van der Waals surface area contributed by atoms with Crippen molar-refractivity contribution in [1.82, 2.24) is 20.1 Å². The van der Waals surface area contributed by atoms with Crippen LogP contribution in [-0.4, -0.2) is 38.7 Å². The SMILES string of the molecule is O=C1NC2=N[C@@H]3CCC[C@@H]3N2c2c1c(Nc1ccccc1)nn2Cc1ccc(-c2cc(F)ccn2)cc1. The number of nitrogens with zero attached hydrogens (tertiary/aromatic N) is 5. The van der Waals surface area contributed by atoms with Gasteiger partial charge in [-0.1, -0.05) is 42.5 Å². The molecule has 2 aliphatic heterocycles. The molecule has 2 atom stereocenters. The number of aliphatic imine (C=N–C) groups is 1. The number of pyridine rings is 1. The maximum absolute atomic E-state index is 13.7. The van der Waals surface area contributed by atoms with Crippen molar-refractivity contribution in [2.45, 2.75) is 37.9 Å². The van der Waals surface area contributed by atoms with E-state index in [9.17, 15) is 9.18 Å². The highest BCUT2D eigenvalue weighted by Gasteiger charge is 2.47. The first-order valence-electron chi connectivity index (χ1n) is 12.5. The highest BCUT2D eigenvalue weighted by molar-refractivity contribution is 6.21. The Hall–Kier alpha value is -4.53. The number of carbonyl (C=O) groups is 1. The number of halogens is 1. The Labute approximate surface area is 212 Å². The molecule has 1 amide bonds. The first-order chi connectivity index (χ1) is 18.1. The van der Waals surface area contributed by atoms with Gasteiger partial charge >= 0.3 is 0 Å². The van der Waals surface area contributed by atoms with Crippen LogP contribution in [0.2, 0.25) is 0 Å². The van der Waals surface area contributed by atoms with Crippen LogP contribution in [0.3, 0.4) is 0 Å². The third-order valence-electron chi connectivity index (χ3n) is 7.24. The average Bonchev–Trinajstić information content (AvgIpc) is 3.59. The lowest BCUT2D eigenvalue weighted by Gasteiger charge is -2.31. The van der Waals surface area contributed by atoms with Crippen molar-refractivity contribution >= 4 is 29.2 Å². The van der Waals surface area contributed by atoms with Crippen molar-refractivity contribution in [3.05, 3.63) is 89.9 Å². The number of aromatic nitrogens is 3. The summed E-state index contributed by atoms with van der Waals surface area (Å²) in [5.41, 5.74) is 3.80. The van der Waals surface area contributed by atoms with Crippen LogP contribution in [0.15, 0.2) is 77.9 Å². The van der Waals surface area contributed by atoms with Crippen LogP contribution in [-0.2, 0) is 6.54 Å². The van der Waals surface area contributed by atoms with Gasteiger partial charge in [-0.3, -0.25) is 20.0 Å². The first kappa shape index (κ1) is 21.7. The zero-order valence-corrected chi connectivity index (χ0v) is 19.9. The molecular formula is C28H24FN7O. The number of amides is 1. The standard InChI is InChI=1S/C28H24FN7O/c29-19-13-14-30-22(15-19)18-11-9-17(10-12-18)16-35-27-24(25(34-35)31-20-5-2-1-3-6-20)26(37)33-28-32-21-7-4-8-23(21)36(27)28/h1-3,5-6,9-15,21,23H,4,7-8,16H2,(H,31,34)(H,32,33,37)/t21-,23+/m1/s1. The van der Waals surface area contributed by atoms with Crippen molar-refractivity contribution in [3.8, 4) is 11.3 Å². The molecule has 9 heteroatoms. The summed E-state index contributed by atoms with van der Waals surface area (Å²) in [5, 5.41) is 11.2. The van der Waals surface area contributed by atoms with Gasteiger partial charge in [-0.05, 0) is 43.0 Å². The van der Waals surface area contributed by atoms with E-state index in [4.69, 9.17) is 10.1 Å². The number of carbonyl (C=O) groups excluding carboxylic acids is 1. The second-order valence-corrected chi connectivity index (χ2v) is 9.59. The number of hydrogen-bond acceptors (Lipinski definition) is 6. The Morgan fingerprint density at radius 1 is 1.05 bits per heavy atom. The minimum Gasteiger partial charge on any atom is -0.338 e. The van der Waals surface area contributed by atoms with Crippen LogP contribution < -0.4 is 15.5 Å². The molecule has 1 saturated carbocycles. The molecule has 184 valence electrons. The first-order valence-corrected chi connectivity index (χ1v) is 12.5. The van der Waals surface area contributed by atoms with E-state index in [1.54, 1.807) is 0 Å². The summed E-state index contributed by atoms with van der Waals surface area (Å²) in [5.74, 6) is 1.38. The molecule has 1 fully saturated rings. The minimum atomic E-state index is -0.317. The quantitative estimate of drug-likeness (QED) is 0.420. The fourth-order valence-electron chi connectivity index (χ4n) is 5.54. The van der Waals surface area contributed by atoms with Gasteiger partial charge in [0.25, 0.3) is 5.91 Å². The molecular weight excluding hydrogens is 469 g/mol. The third-order valence-corrected chi connectivity index (χ3v) is 7.24. The van der Waals surface area contributed by atoms with Crippen LogP contribution >= 0.6 is 0 Å². The van der Waals surface area contributed by atoms with Gasteiger partial charge in [0, 0.05) is 23.5 Å². The Kier molecular flexibility index (Phi) is 5.02. The molecule has 1 aliphatic carbocycles. The maximum Gasteiger partial charge on any atom is 0.265 e. The van der Waals surface area contributed by atoms with Crippen LogP contribution in [0.1, 0.15) is 35.2 Å². The smallest absolute Gasteiger partial charge is 0.265 e. The molecule has 4 aromatic rings. The fraction of sp³-hybridized carbons (Fsp3) is 0.214. The molecule has 0 saturated heterocycles. The molecule has 2 aromatic carbocycles. The van der Waals surface area contributed by atoms with E-state index in [0.717, 1.165) is 41.9 Å². The highest BCUT2D eigenvalue weighted by atomic mass is 19.1. The van der Waals surface area contributed by atoms with Crippen molar-refractivity contribution in [2.75, 3.05) is 10.2 Å². The van der Waals surface area contributed by atoms with E-state index in [1.165, 1.54) is 18.3 Å². The summed E-state index contributed by atoms with van der Waals surface area (Å²) in [6.07, 6.45) is 4.63. The lowest BCUT2D eigenvalue weighted by atomic mass is 10.1. The Morgan fingerprint density at radius 2 is 1.89 bits per heavy atom. The molecule has 0 spiro atoms. The Balaban J connectivity index is 1.28. The van der Waals surface area contributed by atoms with Crippen LogP contribution in [0, 0.1) is 5.82 Å². The zero-order chi connectivity index (χ0) is 24.9. The number of benzene rings is 2. The van der Waals surface area contributed by atoms with Gasteiger partial charge in [-0.2, -0.15) is 5.10 Å². The summed E-state index contributed by atoms with van der Waals surface area (Å²) in [7, 11) is 0. The molecule has 8 nitrogen and oxygen atoms in total. The van der Waals surface area contributed by atoms with E-state index in [2.05, 4.69) is 20.5 Å². The van der Waals surface area contributed by atoms with Crippen LogP contribution in [0.5, 0.6) is 0 Å². The molecule has 0 radical (unpaired) electrons. The van der Waals surface area contributed by atoms with E-state index in [0.29, 0.717) is 29.6 Å². The topological polar surface area (TPSA) is 87.4 Å². The number of anilines is 3. The van der Waals surface area contributed by atoms with Gasteiger partial charge in [-0.15, -0.1) is 0 Å². The summed E-state index contributed by atoms with van der Waals surface area (Å²) in [6, 6.07) is 20.7. The number of hydrogen-bond donors (Lipinski definition) is 2. The van der Waals surface area contributed by atoms with Crippen molar-refractivity contribution < 1.29 is 9.18 Å². The molecule has 37 heavy (non-hydrogen) atoms. The largest absolute Gasteiger partial charge is 0.338 e. The average molecular weight is 494 g/mol. The fourth-order valence-corrected chi connectivity index (χ4v) is 5.54. The van der Waals surface area contributed by atoms with Gasteiger partial charge in [0.05, 0.1) is 24.3 Å². The van der Waals surface area contributed by atoms with Crippen molar-refractivity contribution in [2.24, 2.45) is 4.99 Å². The maximum atomic E-state index is 13.7. The number of fused-ring (bicyclic) bond motifs is 5. The molecule has 2 N–H and O–H groups in total. The van der Waals surface area contributed by atoms with E-state index in [1.807, 2.05) is 59.3 Å². The van der Waals surface area contributed by atoms with Gasteiger partial charge in [0.2, 0.25) is 5.96 Å². The molecule has 2 aromatic heterocycles. The number of rotatable bonds is 5. The van der Waals surface area contributed by atoms with Crippen LogP contribution in [0.4, 0.5) is 21.7 Å². The Morgan fingerprint density at radius 3 is 2.70 bits per heavy atom. The summed E-state index contributed by atoms with van der Waals surface area (Å²) in [4.78, 5) is 24.6. The zero-order valence-electron chi connectivity index (χ0n) is 19.9. The van der Waals surface area contributed by atoms with Gasteiger partial charge in [0.1, 0.15) is 17.2 Å². The molecule has 0 bridgehead atoms.